The SMILES string of the molecule is CCOCCOc1cc(C)ccc1CNC(=NC)NCc1ncc(CC)s1. The number of benzene rings is 1. The number of hydrogen-bond acceptors (Lipinski definition) is 5. The summed E-state index contributed by atoms with van der Waals surface area (Å²) in [6, 6.07) is 6.23. The number of aliphatic imine (C=N–C) groups is 1. The van der Waals surface area contributed by atoms with Crippen molar-refractivity contribution in [3.63, 3.8) is 0 Å². The Balaban J connectivity index is 1.89. The molecule has 6 nitrogen and oxygen atoms in total. The lowest BCUT2D eigenvalue weighted by atomic mass is 10.1. The van der Waals surface area contributed by atoms with E-state index in [0.717, 1.165) is 28.7 Å². The highest BCUT2D eigenvalue weighted by atomic mass is 32.1. The lowest BCUT2D eigenvalue weighted by molar-refractivity contribution is 0.110. The zero-order valence-corrected chi connectivity index (χ0v) is 17.5. The Morgan fingerprint density at radius 1 is 1.19 bits per heavy atom. The molecule has 0 spiro atoms. The zero-order valence-electron chi connectivity index (χ0n) is 16.7. The molecule has 0 aliphatic carbocycles. The van der Waals surface area contributed by atoms with Crippen LogP contribution in [-0.2, 0) is 24.2 Å². The summed E-state index contributed by atoms with van der Waals surface area (Å²) in [6.45, 7) is 9.31. The van der Waals surface area contributed by atoms with Crippen molar-refractivity contribution in [2.24, 2.45) is 4.99 Å². The van der Waals surface area contributed by atoms with Gasteiger partial charge in [0.15, 0.2) is 5.96 Å². The first-order chi connectivity index (χ1) is 13.2. The summed E-state index contributed by atoms with van der Waals surface area (Å²) in [4.78, 5) is 10.0. The first-order valence-corrected chi connectivity index (χ1v) is 10.2. The second-order valence-corrected chi connectivity index (χ2v) is 7.21. The quantitative estimate of drug-likeness (QED) is 0.370. The summed E-state index contributed by atoms with van der Waals surface area (Å²) in [5.41, 5.74) is 2.26. The molecule has 1 heterocycles. The molecule has 1 aromatic carbocycles. The third-order valence-electron chi connectivity index (χ3n) is 3.94. The zero-order chi connectivity index (χ0) is 19.5. The standard InChI is InChI=1S/C20H30N4O2S/c1-5-17-13-22-19(27-17)14-24-20(21-4)23-12-16-8-7-15(3)11-18(16)26-10-9-25-6-2/h7-8,11,13H,5-6,9-10,12,14H2,1-4H3,(H2,21,23,24). The molecule has 1 aromatic heterocycles. The molecule has 7 heteroatoms. The maximum Gasteiger partial charge on any atom is 0.191 e. The van der Waals surface area contributed by atoms with Crippen molar-refractivity contribution in [3.8, 4) is 5.75 Å². The second-order valence-electron chi connectivity index (χ2n) is 6.01. The van der Waals surface area contributed by atoms with E-state index < -0.39 is 0 Å². The maximum absolute atomic E-state index is 5.90. The summed E-state index contributed by atoms with van der Waals surface area (Å²) in [7, 11) is 1.77. The fourth-order valence-corrected chi connectivity index (χ4v) is 3.25. The Morgan fingerprint density at radius 2 is 2.00 bits per heavy atom. The molecular weight excluding hydrogens is 360 g/mol. The Bertz CT molecular complexity index is 731. The highest BCUT2D eigenvalue weighted by molar-refractivity contribution is 7.11. The van der Waals surface area contributed by atoms with E-state index in [4.69, 9.17) is 9.47 Å². The molecule has 2 N–H and O–H groups in total. The molecule has 27 heavy (non-hydrogen) atoms. The Labute approximate surface area is 166 Å². The molecule has 0 saturated heterocycles. The van der Waals surface area contributed by atoms with E-state index in [0.29, 0.717) is 32.9 Å². The van der Waals surface area contributed by atoms with E-state index in [1.807, 2.05) is 13.1 Å². The van der Waals surface area contributed by atoms with Gasteiger partial charge in [-0.05, 0) is 31.9 Å². The lowest BCUT2D eigenvalue weighted by Crippen LogP contribution is -2.36. The van der Waals surface area contributed by atoms with E-state index in [9.17, 15) is 0 Å². The van der Waals surface area contributed by atoms with E-state index in [1.54, 1.807) is 18.4 Å². The minimum Gasteiger partial charge on any atom is -0.491 e. The van der Waals surface area contributed by atoms with Crippen molar-refractivity contribution in [2.75, 3.05) is 26.9 Å². The highest BCUT2D eigenvalue weighted by Gasteiger charge is 2.07. The summed E-state index contributed by atoms with van der Waals surface area (Å²) in [5.74, 6) is 1.62. The van der Waals surface area contributed by atoms with Crippen LogP contribution in [-0.4, -0.2) is 37.8 Å². The van der Waals surface area contributed by atoms with E-state index in [2.05, 4.69) is 52.7 Å². The third-order valence-corrected chi connectivity index (χ3v) is 5.08. The number of nitrogens with one attached hydrogen (secondary N) is 2. The lowest BCUT2D eigenvalue weighted by Gasteiger charge is -2.15. The van der Waals surface area contributed by atoms with Crippen molar-refractivity contribution in [3.05, 3.63) is 45.4 Å². The van der Waals surface area contributed by atoms with Crippen molar-refractivity contribution in [2.45, 2.75) is 40.3 Å². The van der Waals surface area contributed by atoms with Crippen LogP contribution in [0.4, 0.5) is 0 Å². The van der Waals surface area contributed by atoms with Gasteiger partial charge in [-0.2, -0.15) is 0 Å². The average molecular weight is 391 g/mol. The molecule has 0 radical (unpaired) electrons. The molecule has 2 aromatic rings. The number of aromatic nitrogens is 1. The van der Waals surface area contributed by atoms with Gasteiger partial charge in [0.05, 0.1) is 13.2 Å². The van der Waals surface area contributed by atoms with Gasteiger partial charge in [-0.25, -0.2) is 4.98 Å². The normalized spacial score (nSPS) is 11.5. The van der Waals surface area contributed by atoms with Crippen LogP contribution < -0.4 is 15.4 Å². The smallest absolute Gasteiger partial charge is 0.191 e. The molecule has 0 saturated carbocycles. The van der Waals surface area contributed by atoms with Gasteiger partial charge in [-0.15, -0.1) is 11.3 Å². The maximum atomic E-state index is 5.90. The molecule has 0 fully saturated rings. The molecule has 0 atom stereocenters. The van der Waals surface area contributed by atoms with Gasteiger partial charge >= 0.3 is 0 Å². The fourth-order valence-electron chi connectivity index (χ4n) is 2.45. The van der Waals surface area contributed by atoms with E-state index in [1.165, 1.54) is 10.4 Å². The van der Waals surface area contributed by atoms with Gasteiger partial charge in [0.25, 0.3) is 0 Å². The first kappa shape index (κ1) is 21.2. The predicted molar refractivity (Wildman–Crippen MR) is 112 cm³/mol. The molecule has 0 amide bonds. The van der Waals surface area contributed by atoms with Crippen LogP contribution in [0.15, 0.2) is 29.4 Å². The van der Waals surface area contributed by atoms with Crippen LogP contribution in [0.3, 0.4) is 0 Å². The predicted octanol–water partition coefficient (Wildman–Crippen LogP) is 3.29. The number of ether oxygens (including phenoxy) is 2. The van der Waals surface area contributed by atoms with Gasteiger partial charge in [-0.1, -0.05) is 19.1 Å². The van der Waals surface area contributed by atoms with Crippen LogP contribution in [0.1, 0.15) is 34.9 Å². The van der Waals surface area contributed by atoms with Crippen molar-refractivity contribution >= 4 is 17.3 Å². The van der Waals surface area contributed by atoms with Gasteiger partial charge in [-0.3, -0.25) is 4.99 Å². The van der Waals surface area contributed by atoms with E-state index in [-0.39, 0.29) is 0 Å². The van der Waals surface area contributed by atoms with Gasteiger partial charge < -0.3 is 20.1 Å². The number of nitrogens with zero attached hydrogens (tertiary/aromatic N) is 2. The number of guanidine groups is 1. The minimum atomic E-state index is 0.543. The molecule has 0 bridgehead atoms. The average Bonchev–Trinajstić information content (AvgIpc) is 3.14. The summed E-state index contributed by atoms with van der Waals surface area (Å²) in [6.07, 6.45) is 2.96. The second kappa shape index (κ2) is 11.6. The van der Waals surface area contributed by atoms with E-state index >= 15 is 0 Å². The first-order valence-electron chi connectivity index (χ1n) is 9.34. The molecular formula is C20H30N4O2S. The number of aryl methyl sites for hydroxylation is 2. The van der Waals surface area contributed by atoms with Crippen molar-refractivity contribution in [1.82, 2.24) is 15.6 Å². The van der Waals surface area contributed by atoms with Crippen LogP contribution in [0.25, 0.3) is 0 Å². The molecule has 0 aliphatic rings. The molecule has 148 valence electrons. The highest BCUT2D eigenvalue weighted by Crippen LogP contribution is 2.20. The Kier molecular flexibility index (Phi) is 9.07. The van der Waals surface area contributed by atoms with Crippen molar-refractivity contribution in [1.29, 1.82) is 0 Å². The summed E-state index contributed by atoms with van der Waals surface area (Å²) >= 11 is 1.73. The van der Waals surface area contributed by atoms with Gasteiger partial charge in [0, 0.05) is 36.8 Å². The molecule has 0 unspecified atom stereocenters. The number of hydrogen-bond donors (Lipinski definition) is 2. The molecule has 2 rings (SSSR count). The van der Waals surface area contributed by atoms with Crippen molar-refractivity contribution < 1.29 is 9.47 Å². The largest absolute Gasteiger partial charge is 0.491 e. The molecule has 0 aliphatic heterocycles. The monoisotopic (exact) mass is 390 g/mol. The van der Waals surface area contributed by atoms with Gasteiger partial charge in [0.1, 0.15) is 17.4 Å². The number of rotatable bonds is 10. The van der Waals surface area contributed by atoms with Crippen LogP contribution in [0.5, 0.6) is 5.75 Å². The third kappa shape index (κ3) is 7.19. The van der Waals surface area contributed by atoms with Crippen LogP contribution in [0, 0.1) is 6.92 Å². The topological polar surface area (TPSA) is 67.8 Å². The Hall–Kier alpha value is -2.12. The van der Waals surface area contributed by atoms with Gasteiger partial charge in [0.2, 0.25) is 0 Å². The minimum absolute atomic E-state index is 0.543. The number of thiazole rings is 1. The Morgan fingerprint density at radius 3 is 2.70 bits per heavy atom. The van der Waals surface area contributed by atoms with Crippen LogP contribution >= 0.6 is 11.3 Å². The fraction of sp³-hybridized carbons (Fsp3) is 0.500. The summed E-state index contributed by atoms with van der Waals surface area (Å²) in [5, 5.41) is 7.71. The van der Waals surface area contributed by atoms with Crippen LogP contribution in [0.2, 0.25) is 0 Å². The summed E-state index contributed by atoms with van der Waals surface area (Å²) < 4.78 is 11.2.